The molecule has 142 valence electrons. The standard InChI is InChI=1S/C20H24N4O3/c1-5-15-23-16-17(24(15)10-20(3,4)27)13-7-6-12(8-11(2)19(25)26)9-14(13)22-18(16)21/h6-9,27H,5,10H2,1-4H3,(H2,21,22)(H,25,26). The molecule has 1 aromatic carbocycles. The maximum absolute atomic E-state index is 11.1. The molecule has 0 aliphatic rings. The average molecular weight is 368 g/mol. The largest absolute Gasteiger partial charge is 0.478 e. The average Bonchev–Trinajstić information content (AvgIpc) is 2.92. The van der Waals surface area contributed by atoms with E-state index < -0.39 is 11.6 Å². The van der Waals surface area contributed by atoms with E-state index in [1.165, 1.54) is 0 Å². The third-order valence-electron chi connectivity index (χ3n) is 4.39. The van der Waals surface area contributed by atoms with Gasteiger partial charge < -0.3 is 20.5 Å². The normalized spacial score (nSPS) is 12.9. The third-order valence-corrected chi connectivity index (χ3v) is 4.39. The van der Waals surface area contributed by atoms with Crippen LogP contribution >= 0.6 is 0 Å². The van der Waals surface area contributed by atoms with Gasteiger partial charge in [-0.25, -0.2) is 14.8 Å². The number of aromatic nitrogens is 3. The first-order chi connectivity index (χ1) is 12.6. The van der Waals surface area contributed by atoms with E-state index in [9.17, 15) is 9.90 Å². The molecule has 0 bridgehead atoms. The Hall–Kier alpha value is -2.93. The Morgan fingerprint density at radius 3 is 2.63 bits per heavy atom. The van der Waals surface area contributed by atoms with Gasteiger partial charge in [-0.3, -0.25) is 0 Å². The Bertz CT molecular complexity index is 1070. The van der Waals surface area contributed by atoms with Crippen molar-refractivity contribution in [2.24, 2.45) is 0 Å². The number of nitrogens with zero attached hydrogens (tertiary/aromatic N) is 3. The van der Waals surface area contributed by atoms with E-state index in [1.807, 2.05) is 29.7 Å². The van der Waals surface area contributed by atoms with Crippen LogP contribution in [0.3, 0.4) is 0 Å². The summed E-state index contributed by atoms with van der Waals surface area (Å²) in [7, 11) is 0. The van der Waals surface area contributed by atoms with Crippen LogP contribution in [0.4, 0.5) is 5.82 Å². The van der Waals surface area contributed by atoms with E-state index in [4.69, 9.17) is 10.8 Å². The highest BCUT2D eigenvalue weighted by Crippen LogP contribution is 2.31. The number of benzene rings is 1. The maximum Gasteiger partial charge on any atom is 0.331 e. The van der Waals surface area contributed by atoms with Crippen molar-refractivity contribution in [1.29, 1.82) is 0 Å². The molecule has 0 unspecified atom stereocenters. The van der Waals surface area contributed by atoms with Crippen molar-refractivity contribution in [1.82, 2.24) is 14.5 Å². The zero-order chi connectivity index (χ0) is 19.9. The number of fused-ring (bicyclic) bond motifs is 3. The topological polar surface area (TPSA) is 114 Å². The molecule has 4 N–H and O–H groups in total. The summed E-state index contributed by atoms with van der Waals surface area (Å²) >= 11 is 0. The number of anilines is 1. The highest BCUT2D eigenvalue weighted by atomic mass is 16.4. The lowest BCUT2D eigenvalue weighted by atomic mass is 10.1. The fourth-order valence-electron chi connectivity index (χ4n) is 3.20. The molecule has 0 fully saturated rings. The summed E-state index contributed by atoms with van der Waals surface area (Å²) < 4.78 is 1.99. The lowest BCUT2D eigenvalue weighted by Crippen LogP contribution is -2.27. The molecular formula is C20H24N4O3. The molecule has 0 saturated carbocycles. The Morgan fingerprint density at radius 1 is 1.33 bits per heavy atom. The van der Waals surface area contributed by atoms with E-state index in [1.54, 1.807) is 26.8 Å². The van der Waals surface area contributed by atoms with Gasteiger partial charge in [0.1, 0.15) is 11.3 Å². The first-order valence-corrected chi connectivity index (χ1v) is 8.83. The minimum atomic E-state index is -0.964. The number of carboxylic acids is 1. The van der Waals surface area contributed by atoms with Crippen molar-refractivity contribution in [3.63, 3.8) is 0 Å². The van der Waals surface area contributed by atoms with Crippen LogP contribution in [0.5, 0.6) is 0 Å². The molecular weight excluding hydrogens is 344 g/mol. The van der Waals surface area contributed by atoms with Crippen LogP contribution in [-0.2, 0) is 17.8 Å². The summed E-state index contributed by atoms with van der Waals surface area (Å²) in [5.74, 6) is 0.186. The molecule has 0 spiro atoms. The number of aliphatic hydroxyl groups is 1. The van der Waals surface area contributed by atoms with Crippen LogP contribution in [0.25, 0.3) is 28.0 Å². The predicted octanol–water partition coefficient (Wildman–Crippen LogP) is 2.99. The first-order valence-electron chi connectivity index (χ1n) is 8.83. The van der Waals surface area contributed by atoms with Crippen molar-refractivity contribution < 1.29 is 15.0 Å². The Morgan fingerprint density at radius 2 is 2.04 bits per heavy atom. The molecule has 0 amide bonds. The zero-order valence-corrected chi connectivity index (χ0v) is 15.9. The van der Waals surface area contributed by atoms with Gasteiger partial charge in [0.15, 0.2) is 5.82 Å². The molecule has 7 nitrogen and oxygen atoms in total. The number of nitrogens with two attached hydrogens (primary N) is 1. The monoisotopic (exact) mass is 368 g/mol. The lowest BCUT2D eigenvalue weighted by Gasteiger charge is -2.20. The molecule has 0 radical (unpaired) electrons. The fraction of sp³-hybridized carbons (Fsp3) is 0.350. The second-order valence-electron chi connectivity index (χ2n) is 7.38. The Labute approximate surface area is 157 Å². The lowest BCUT2D eigenvalue weighted by molar-refractivity contribution is -0.132. The van der Waals surface area contributed by atoms with Gasteiger partial charge in [-0.2, -0.15) is 0 Å². The van der Waals surface area contributed by atoms with Gasteiger partial charge in [-0.05, 0) is 38.5 Å². The second kappa shape index (κ2) is 6.66. The summed E-state index contributed by atoms with van der Waals surface area (Å²) in [6.45, 7) is 7.44. The summed E-state index contributed by atoms with van der Waals surface area (Å²) in [4.78, 5) is 20.2. The number of pyridine rings is 1. The van der Waals surface area contributed by atoms with Gasteiger partial charge in [-0.1, -0.05) is 19.1 Å². The van der Waals surface area contributed by atoms with Gasteiger partial charge in [-0.15, -0.1) is 0 Å². The van der Waals surface area contributed by atoms with Crippen molar-refractivity contribution in [2.75, 3.05) is 5.73 Å². The minimum Gasteiger partial charge on any atom is -0.478 e. The highest BCUT2D eigenvalue weighted by Gasteiger charge is 2.21. The van der Waals surface area contributed by atoms with E-state index in [2.05, 4.69) is 9.97 Å². The summed E-state index contributed by atoms with van der Waals surface area (Å²) in [6.07, 6.45) is 2.29. The van der Waals surface area contributed by atoms with Crippen molar-refractivity contribution in [3.8, 4) is 0 Å². The molecule has 3 aromatic rings. The number of aliphatic carboxylic acids is 1. The van der Waals surface area contributed by atoms with Gasteiger partial charge >= 0.3 is 5.97 Å². The second-order valence-corrected chi connectivity index (χ2v) is 7.38. The van der Waals surface area contributed by atoms with Crippen LogP contribution in [0, 0.1) is 0 Å². The molecule has 0 atom stereocenters. The fourth-order valence-corrected chi connectivity index (χ4v) is 3.20. The Balaban J connectivity index is 2.30. The van der Waals surface area contributed by atoms with Gasteiger partial charge in [0.25, 0.3) is 0 Å². The van der Waals surface area contributed by atoms with Gasteiger partial charge in [0.2, 0.25) is 0 Å². The number of aryl methyl sites for hydroxylation is 1. The predicted molar refractivity (Wildman–Crippen MR) is 106 cm³/mol. The number of hydrogen-bond acceptors (Lipinski definition) is 5. The first kappa shape index (κ1) is 18.8. The highest BCUT2D eigenvalue weighted by molar-refractivity contribution is 6.07. The Kier molecular flexibility index (Phi) is 4.65. The minimum absolute atomic E-state index is 0.240. The number of imidazole rings is 1. The molecule has 0 aliphatic heterocycles. The van der Waals surface area contributed by atoms with Crippen LogP contribution in [0.1, 0.15) is 39.1 Å². The van der Waals surface area contributed by atoms with Crippen LogP contribution in [0.2, 0.25) is 0 Å². The van der Waals surface area contributed by atoms with Gasteiger partial charge in [0.05, 0.1) is 23.2 Å². The van der Waals surface area contributed by atoms with Crippen molar-refractivity contribution in [3.05, 3.63) is 35.2 Å². The van der Waals surface area contributed by atoms with Crippen LogP contribution in [0.15, 0.2) is 23.8 Å². The number of carbonyl (C=O) groups is 1. The van der Waals surface area contributed by atoms with Crippen LogP contribution < -0.4 is 5.73 Å². The summed E-state index contributed by atoms with van der Waals surface area (Å²) in [6, 6.07) is 5.55. The summed E-state index contributed by atoms with van der Waals surface area (Å²) in [5, 5.41) is 20.3. The smallest absolute Gasteiger partial charge is 0.331 e. The number of carboxylic acid groups (broad SMARTS) is 1. The molecule has 3 rings (SSSR count). The van der Waals surface area contributed by atoms with Crippen molar-refractivity contribution >= 4 is 39.8 Å². The SMILES string of the molecule is CCc1nc2c(N)nc3cc(C=C(C)C(=O)O)ccc3c2n1CC(C)(C)O. The maximum atomic E-state index is 11.1. The quantitative estimate of drug-likeness (QED) is 0.597. The van der Waals surface area contributed by atoms with E-state index in [-0.39, 0.29) is 5.57 Å². The van der Waals surface area contributed by atoms with Crippen molar-refractivity contribution in [2.45, 2.75) is 46.3 Å². The van der Waals surface area contributed by atoms with E-state index in [0.717, 1.165) is 22.3 Å². The van der Waals surface area contributed by atoms with E-state index >= 15 is 0 Å². The molecule has 27 heavy (non-hydrogen) atoms. The number of nitrogen functional groups attached to an aromatic ring is 1. The molecule has 2 aromatic heterocycles. The molecule has 7 heteroatoms. The molecule has 0 aliphatic carbocycles. The number of hydrogen-bond donors (Lipinski definition) is 3. The van der Waals surface area contributed by atoms with Crippen LogP contribution in [-0.4, -0.2) is 36.3 Å². The van der Waals surface area contributed by atoms with Gasteiger partial charge in [0, 0.05) is 17.4 Å². The third kappa shape index (κ3) is 3.64. The summed E-state index contributed by atoms with van der Waals surface area (Å²) in [5.41, 5.74) is 8.34. The molecule has 0 saturated heterocycles. The molecule has 2 heterocycles. The number of rotatable bonds is 5. The zero-order valence-electron chi connectivity index (χ0n) is 15.9. The van der Waals surface area contributed by atoms with E-state index in [0.29, 0.717) is 29.8 Å².